The molecule has 0 aliphatic heterocycles. The third kappa shape index (κ3) is 5.88. The number of hydrogen-bond donors (Lipinski definition) is 0. The molecule has 2 heterocycles. The van der Waals surface area contributed by atoms with Gasteiger partial charge in [0, 0.05) is 11.1 Å². The van der Waals surface area contributed by atoms with Gasteiger partial charge in [0.1, 0.15) is 11.0 Å². The van der Waals surface area contributed by atoms with Gasteiger partial charge in [0.05, 0.1) is 44.4 Å². The van der Waals surface area contributed by atoms with Gasteiger partial charge in [-0.05, 0) is 57.3 Å². The van der Waals surface area contributed by atoms with Crippen LogP contribution in [0.2, 0.25) is 0 Å². The van der Waals surface area contributed by atoms with Gasteiger partial charge in [-0.15, -0.1) is 11.3 Å². The number of benzene rings is 4. The number of fused-ring (bicyclic) bond motifs is 1. The Morgan fingerprint density at radius 1 is 0.467 bits per heavy atom. The second kappa shape index (κ2) is 11.4. The zero-order valence-electron chi connectivity index (χ0n) is 26.4. The van der Waals surface area contributed by atoms with E-state index in [4.69, 9.17) is 9.97 Å². The maximum atomic E-state index is 9.42. The van der Waals surface area contributed by atoms with Crippen molar-refractivity contribution in [1.29, 1.82) is 10.5 Å². The summed E-state index contributed by atoms with van der Waals surface area (Å²) in [6, 6.07) is 37.0. The summed E-state index contributed by atoms with van der Waals surface area (Å²) >= 11 is 1.71. The maximum Gasteiger partial charge on any atom is 0.109 e. The molecule has 6 aromatic rings. The minimum atomic E-state index is 0.0502. The van der Waals surface area contributed by atoms with Crippen molar-refractivity contribution in [2.75, 3.05) is 0 Å². The topological polar surface area (TPSA) is 73.4 Å². The lowest BCUT2D eigenvalue weighted by molar-refractivity contribution is 0.590. The molecule has 0 saturated heterocycles. The number of nitrogens with zero attached hydrogens (tertiary/aromatic N) is 4. The van der Waals surface area contributed by atoms with Crippen molar-refractivity contribution in [3.63, 3.8) is 0 Å². The third-order valence-electron chi connectivity index (χ3n) is 8.13. The van der Waals surface area contributed by atoms with Crippen LogP contribution in [0.25, 0.3) is 54.4 Å². The van der Waals surface area contributed by atoms with Gasteiger partial charge in [-0.2, -0.15) is 10.5 Å². The highest BCUT2D eigenvalue weighted by Crippen LogP contribution is 2.45. The highest BCUT2D eigenvalue weighted by molar-refractivity contribution is 7.20. The molecule has 4 aromatic carbocycles. The second-order valence-electron chi connectivity index (χ2n) is 13.4. The minimum absolute atomic E-state index is 0.0502. The van der Waals surface area contributed by atoms with E-state index in [9.17, 15) is 10.5 Å². The number of thiophene rings is 1. The molecule has 5 heteroatoms. The lowest BCUT2D eigenvalue weighted by Gasteiger charge is -2.19. The average molecular weight is 603 g/mol. The Balaban J connectivity index is 1.64. The first-order valence-electron chi connectivity index (χ1n) is 15.0. The molecule has 0 fully saturated rings. The number of hydrogen-bond acceptors (Lipinski definition) is 5. The van der Waals surface area contributed by atoms with Crippen molar-refractivity contribution in [3.05, 3.63) is 119 Å². The van der Waals surface area contributed by atoms with Crippen LogP contribution >= 0.6 is 11.3 Å². The number of aromatic nitrogens is 2. The molecule has 0 spiro atoms. The van der Waals surface area contributed by atoms with E-state index >= 15 is 0 Å². The van der Waals surface area contributed by atoms with Crippen LogP contribution in [0.4, 0.5) is 0 Å². The Labute approximate surface area is 269 Å². The van der Waals surface area contributed by atoms with Crippen LogP contribution in [-0.2, 0) is 10.8 Å². The van der Waals surface area contributed by atoms with Crippen molar-refractivity contribution in [3.8, 4) is 55.5 Å². The molecule has 220 valence electrons. The van der Waals surface area contributed by atoms with E-state index in [-0.39, 0.29) is 10.8 Å². The Bertz CT molecular complexity index is 1940. The molecule has 0 bridgehead atoms. The molecule has 0 aliphatic rings. The van der Waals surface area contributed by atoms with E-state index in [1.807, 2.05) is 48.5 Å². The van der Waals surface area contributed by atoms with Crippen LogP contribution in [-0.4, -0.2) is 9.97 Å². The summed E-state index contributed by atoms with van der Waals surface area (Å²) in [5.74, 6) is 0. The van der Waals surface area contributed by atoms with Gasteiger partial charge in [0.15, 0.2) is 0 Å². The molecule has 0 radical (unpaired) electrons. The first-order valence-corrected chi connectivity index (χ1v) is 15.9. The Kier molecular flexibility index (Phi) is 7.61. The van der Waals surface area contributed by atoms with Gasteiger partial charge in [0.2, 0.25) is 0 Å². The van der Waals surface area contributed by atoms with Crippen LogP contribution in [0.5, 0.6) is 0 Å². The largest absolute Gasteiger partial charge is 0.242 e. The quantitative estimate of drug-likeness (QED) is 0.201. The monoisotopic (exact) mass is 602 g/mol. The van der Waals surface area contributed by atoms with E-state index in [2.05, 4.69) is 102 Å². The number of rotatable bonds is 4. The zero-order chi connectivity index (χ0) is 31.9. The first kappa shape index (κ1) is 29.9. The Morgan fingerprint density at radius 2 is 0.778 bits per heavy atom. The van der Waals surface area contributed by atoms with Crippen molar-refractivity contribution < 1.29 is 0 Å². The molecule has 4 nitrogen and oxygen atoms in total. The minimum Gasteiger partial charge on any atom is -0.242 e. The average Bonchev–Trinajstić information content (AvgIpc) is 3.42. The Morgan fingerprint density at radius 3 is 1.07 bits per heavy atom. The van der Waals surface area contributed by atoms with Crippen LogP contribution in [0.1, 0.15) is 63.8 Å². The molecular formula is C40H34N4S. The molecule has 0 saturated carbocycles. The summed E-state index contributed by atoms with van der Waals surface area (Å²) < 4.78 is 0. The third-order valence-corrected chi connectivity index (χ3v) is 9.40. The Hall–Kier alpha value is -5.10. The summed E-state index contributed by atoms with van der Waals surface area (Å²) in [5, 5.41) is 18.8. The van der Waals surface area contributed by atoms with Gasteiger partial charge in [-0.1, -0.05) is 114 Å². The highest BCUT2D eigenvalue weighted by Gasteiger charge is 2.23. The summed E-state index contributed by atoms with van der Waals surface area (Å²) in [6.07, 6.45) is 0. The van der Waals surface area contributed by atoms with Crippen molar-refractivity contribution >= 4 is 22.4 Å². The molecule has 0 aliphatic carbocycles. The van der Waals surface area contributed by atoms with E-state index < -0.39 is 0 Å². The lowest BCUT2D eigenvalue weighted by atomic mass is 9.86. The molecule has 0 atom stereocenters. The van der Waals surface area contributed by atoms with Crippen molar-refractivity contribution in [2.45, 2.75) is 52.4 Å². The highest BCUT2D eigenvalue weighted by atomic mass is 32.1. The van der Waals surface area contributed by atoms with Gasteiger partial charge in [-0.25, -0.2) is 9.97 Å². The predicted molar refractivity (Wildman–Crippen MR) is 186 cm³/mol. The molecular weight excluding hydrogens is 569 g/mol. The SMILES string of the molecule is CC(C)(C)c1ccc(-c2sc(-c3ccc(C(C)(C)C)cc3)c3nc(-c4ccc(C#N)cc4)c(-c4ccc(C#N)cc4)nc23)cc1. The fraction of sp³-hybridized carbons (Fsp3) is 0.200. The second-order valence-corrected chi connectivity index (χ2v) is 14.4. The fourth-order valence-corrected chi connectivity index (χ4v) is 6.58. The van der Waals surface area contributed by atoms with E-state index in [0.29, 0.717) is 11.1 Å². The number of nitriles is 2. The molecule has 2 aromatic heterocycles. The van der Waals surface area contributed by atoms with Crippen molar-refractivity contribution in [1.82, 2.24) is 9.97 Å². The standard InChI is InChI=1S/C40H34N4S/c1-39(2,3)31-19-15-29(16-20-31)37-35-36(38(45-37)30-17-21-32(22-18-30)40(4,5)6)44-34(28-13-9-26(24-42)10-14-28)33(43-35)27-11-7-25(23-41)8-12-27/h7-22H,1-6H3. The van der Waals surface area contributed by atoms with E-state index in [1.54, 1.807) is 11.3 Å². The van der Waals surface area contributed by atoms with Crippen molar-refractivity contribution in [2.24, 2.45) is 0 Å². The summed E-state index contributed by atoms with van der Waals surface area (Å²) in [4.78, 5) is 12.9. The van der Waals surface area contributed by atoms with Crippen LogP contribution < -0.4 is 0 Å². The van der Waals surface area contributed by atoms with Gasteiger partial charge >= 0.3 is 0 Å². The zero-order valence-corrected chi connectivity index (χ0v) is 27.3. The molecule has 45 heavy (non-hydrogen) atoms. The summed E-state index contributed by atoms with van der Waals surface area (Å²) in [7, 11) is 0. The first-order chi connectivity index (χ1) is 21.5. The predicted octanol–water partition coefficient (Wildman–Crippen LogP) is 10.7. The van der Waals surface area contributed by atoms with E-state index in [0.717, 1.165) is 54.4 Å². The van der Waals surface area contributed by atoms with E-state index in [1.165, 1.54) is 11.1 Å². The van der Waals surface area contributed by atoms with Gasteiger partial charge in [-0.3, -0.25) is 0 Å². The van der Waals surface area contributed by atoms with Gasteiger partial charge in [0.25, 0.3) is 0 Å². The van der Waals surface area contributed by atoms with Gasteiger partial charge < -0.3 is 0 Å². The summed E-state index contributed by atoms with van der Waals surface area (Å²) in [6.45, 7) is 13.3. The maximum absolute atomic E-state index is 9.42. The van der Waals surface area contributed by atoms with Crippen LogP contribution in [0, 0.1) is 22.7 Å². The smallest absolute Gasteiger partial charge is 0.109 e. The molecule has 0 N–H and O–H groups in total. The normalized spacial score (nSPS) is 11.7. The van der Waals surface area contributed by atoms with Crippen LogP contribution in [0.3, 0.4) is 0 Å². The molecule has 6 rings (SSSR count). The van der Waals surface area contributed by atoms with Crippen LogP contribution in [0.15, 0.2) is 97.1 Å². The molecule has 0 unspecified atom stereocenters. The fourth-order valence-electron chi connectivity index (χ4n) is 5.39. The molecule has 0 amide bonds. The summed E-state index contributed by atoms with van der Waals surface area (Å²) in [5.41, 5.74) is 10.9. The lowest BCUT2D eigenvalue weighted by Crippen LogP contribution is -2.10.